The fourth-order valence-corrected chi connectivity index (χ4v) is 5.22. The van der Waals surface area contributed by atoms with Gasteiger partial charge >= 0.3 is 0 Å². The average Bonchev–Trinajstić information content (AvgIpc) is 3.27. The molecule has 1 amide bonds. The Labute approximate surface area is 181 Å². The summed E-state index contributed by atoms with van der Waals surface area (Å²) in [5, 5.41) is 4.33. The van der Waals surface area contributed by atoms with Crippen LogP contribution in [0.25, 0.3) is 0 Å². The quantitative estimate of drug-likeness (QED) is 0.762. The second-order valence-electron chi connectivity index (χ2n) is 8.35. The first-order valence-corrected chi connectivity index (χ1v) is 11.7. The average molecular weight is 431 g/mol. The Morgan fingerprint density at radius 1 is 1.27 bits per heavy atom. The zero-order valence-electron chi connectivity index (χ0n) is 17.5. The number of aromatic nitrogens is 2. The number of nitrogens with one attached hydrogen (secondary N) is 1. The van der Waals surface area contributed by atoms with Gasteiger partial charge in [0.2, 0.25) is 5.91 Å². The maximum atomic E-state index is 12.4. The van der Waals surface area contributed by atoms with Crippen molar-refractivity contribution >= 4 is 17.2 Å². The SMILES string of the molecule is COCC(=O)N1CCC[C@@H](c2cc(=O)[nH]c(C3CCN(Cc4ccsc4)CC3)n2)C1. The number of H-pyrrole nitrogens is 1. The fraction of sp³-hybridized carbons (Fsp3) is 0.591. The van der Waals surface area contributed by atoms with Crippen molar-refractivity contribution in [2.45, 2.75) is 44.1 Å². The van der Waals surface area contributed by atoms with Gasteiger partial charge in [-0.05, 0) is 61.2 Å². The van der Waals surface area contributed by atoms with Crippen molar-refractivity contribution in [2.75, 3.05) is 39.9 Å². The van der Waals surface area contributed by atoms with Gasteiger partial charge in [-0.1, -0.05) is 0 Å². The third-order valence-corrected chi connectivity index (χ3v) is 6.93. The third kappa shape index (κ3) is 5.17. The predicted molar refractivity (Wildman–Crippen MR) is 117 cm³/mol. The van der Waals surface area contributed by atoms with Crippen molar-refractivity contribution in [3.8, 4) is 0 Å². The molecule has 0 saturated carbocycles. The first-order chi connectivity index (χ1) is 14.6. The van der Waals surface area contributed by atoms with Gasteiger partial charge in [0.1, 0.15) is 12.4 Å². The number of hydrogen-bond donors (Lipinski definition) is 1. The molecule has 0 spiro atoms. The lowest BCUT2D eigenvalue weighted by Gasteiger charge is -2.33. The van der Waals surface area contributed by atoms with Crippen LogP contribution in [0.2, 0.25) is 0 Å². The van der Waals surface area contributed by atoms with Gasteiger partial charge in [0, 0.05) is 44.6 Å². The van der Waals surface area contributed by atoms with E-state index in [1.54, 1.807) is 17.4 Å². The van der Waals surface area contributed by atoms with Gasteiger partial charge in [-0.15, -0.1) is 0 Å². The van der Waals surface area contributed by atoms with Gasteiger partial charge in [0.25, 0.3) is 5.56 Å². The van der Waals surface area contributed by atoms with Gasteiger partial charge in [-0.2, -0.15) is 11.3 Å². The lowest BCUT2D eigenvalue weighted by Crippen LogP contribution is -2.41. The summed E-state index contributed by atoms with van der Waals surface area (Å²) in [6, 6.07) is 3.80. The molecule has 1 N–H and O–H groups in total. The zero-order valence-corrected chi connectivity index (χ0v) is 18.3. The zero-order chi connectivity index (χ0) is 20.9. The van der Waals surface area contributed by atoms with E-state index in [-0.39, 0.29) is 29.9 Å². The second kappa shape index (κ2) is 9.85. The molecule has 0 unspecified atom stereocenters. The number of nitrogens with zero attached hydrogens (tertiary/aromatic N) is 3. The normalized spacial score (nSPS) is 21.1. The van der Waals surface area contributed by atoms with E-state index in [1.165, 1.54) is 12.7 Å². The molecule has 2 aliphatic heterocycles. The van der Waals surface area contributed by atoms with Crippen molar-refractivity contribution in [3.05, 3.63) is 50.3 Å². The predicted octanol–water partition coefficient (Wildman–Crippen LogP) is 2.56. The van der Waals surface area contributed by atoms with Crippen molar-refractivity contribution in [1.29, 1.82) is 0 Å². The summed E-state index contributed by atoms with van der Waals surface area (Å²) in [4.78, 5) is 36.8. The number of amides is 1. The molecule has 30 heavy (non-hydrogen) atoms. The molecule has 0 aromatic carbocycles. The minimum atomic E-state index is -0.0870. The molecule has 162 valence electrons. The molecular formula is C22H30N4O3S. The Bertz CT molecular complexity index is 890. The first kappa shape index (κ1) is 21.2. The smallest absolute Gasteiger partial charge is 0.251 e. The van der Waals surface area contributed by atoms with E-state index >= 15 is 0 Å². The Morgan fingerprint density at radius 2 is 2.10 bits per heavy atom. The van der Waals surface area contributed by atoms with Gasteiger partial charge in [-0.3, -0.25) is 14.5 Å². The fourth-order valence-electron chi connectivity index (χ4n) is 4.56. The van der Waals surface area contributed by atoms with Crippen molar-refractivity contribution < 1.29 is 9.53 Å². The largest absolute Gasteiger partial charge is 0.375 e. The summed E-state index contributed by atoms with van der Waals surface area (Å²) in [7, 11) is 1.54. The van der Waals surface area contributed by atoms with Crippen LogP contribution in [0.1, 0.15) is 54.6 Å². The van der Waals surface area contributed by atoms with Gasteiger partial charge < -0.3 is 14.6 Å². The summed E-state index contributed by atoms with van der Waals surface area (Å²) in [6.45, 7) is 4.47. The number of thiophene rings is 1. The van der Waals surface area contributed by atoms with Crippen molar-refractivity contribution in [1.82, 2.24) is 19.8 Å². The highest BCUT2D eigenvalue weighted by molar-refractivity contribution is 7.07. The van der Waals surface area contributed by atoms with E-state index in [0.29, 0.717) is 6.54 Å². The highest BCUT2D eigenvalue weighted by Gasteiger charge is 2.28. The van der Waals surface area contributed by atoms with E-state index in [2.05, 4.69) is 26.7 Å². The van der Waals surface area contributed by atoms with Crippen LogP contribution >= 0.6 is 11.3 Å². The number of methoxy groups -OCH3 is 1. The van der Waals surface area contributed by atoms with Crippen LogP contribution in [0.4, 0.5) is 0 Å². The molecule has 4 heterocycles. The minimum absolute atomic E-state index is 0.00487. The molecule has 8 heteroatoms. The summed E-state index contributed by atoms with van der Waals surface area (Å²) in [5.41, 5.74) is 2.11. The molecule has 0 bridgehead atoms. The van der Waals surface area contributed by atoms with Crippen LogP contribution in [-0.2, 0) is 16.1 Å². The molecule has 1 atom stereocenters. The molecule has 7 nitrogen and oxygen atoms in total. The van der Waals surface area contributed by atoms with Crippen molar-refractivity contribution in [2.24, 2.45) is 0 Å². The van der Waals surface area contributed by atoms with Crippen LogP contribution in [0.5, 0.6) is 0 Å². The van der Waals surface area contributed by atoms with E-state index in [0.717, 1.165) is 63.4 Å². The number of carbonyl (C=O) groups is 1. The number of rotatable bonds is 6. The van der Waals surface area contributed by atoms with E-state index in [4.69, 9.17) is 9.72 Å². The Morgan fingerprint density at radius 3 is 2.83 bits per heavy atom. The van der Waals surface area contributed by atoms with Crippen LogP contribution in [0.3, 0.4) is 0 Å². The standard InChI is InChI=1S/C22H30N4O3S/c1-29-14-21(28)26-7-2-3-18(13-26)19-11-20(27)24-22(23-19)17-4-8-25(9-5-17)12-16-6-10-30-15-16/h6,10-11,15,17-18H,2-5,7-9,12-14H2,1H3,(H,23,24,27)/t18-/m1/s1. The van der Waals surface area contributed by atoms with E-state index in [1.807, 2.05) is 4.90 Å². The summed E-state index contributed by atoms with van der Waals surface area (Å²) in [6.07, 6.45) is 3.87. The van der Waals surface area contributed by atoms with Crippen LogP contribution in [-0.4, -0.2) is 65.6 Å². The Hall–Kier alpha value is -2.03. The summed E-state index contributed by atoms with van der Waals surface area (Å²) >= 11 is 1.74. The highest BCUT2D eigenvalue weighted by Crippen LogP contribution is 2.29. The maximum absolute atomic E-state index is 12.4. The molecule has 2 aliphatic rings. The molecule has 4 rings (SSSR count). The molecular weight excluding hydrogens is 400 g/mol. The molecule has 0 aliphatic carbocycles. The van der Waals surface area contributed by atoms with Crippen molar-refractivity contribution in [3.63, 3.8) is 0 Å². The molecule has 2 fully saturated rings. The van der Waals surface area contributed by atoms with Crippen LogP contribution in [0.15, 0.2) is 27.7 Å². The maximum Gasteiger partial charge on any atom is 0.251 e. The summed E-state index contributed by atoms with van der Waals surface area (Å²) < 4.78 is 4.99. The third-order valence-electron chi connectivity index (χ3n) is 6.20. The number of ether oxygens (including phenoxy) is 1. The van der Waals surface area contributed by atoms with Crippen LogP contribution < -0.4 is 5.56 Å². The Balaban J connectivity index is 1.41. The van der Waals surface area contributed by atoms with Gasteiger partial charge in [-0.25, -0.2) is 4.98 Å². The highest BCUT2D eigenvalue weighted by atomic mass is 32.1. The van der Waals surface area contributed by atoms with Gasteiger partial charge in [0.15, 0.2) is 0 Å². The molecule has 2 aromatic heterocycles. The topological polar surface area (TPSA) is 78.5 Å². The molecule has 0 radical (unpaired) electrons. The minimum Gasteiger partial charge on any atom is -0.375 e. The molecule has 2 aromatic rings. The second-order valence-corrected chi connectivity index (χ2v) is 9.13. The van der Waals surface area contributed by atoms with E-state index in [9.17, 15) is 9.59 Å². The first-order valence-electron chi connectivity index (χ1n) is 10.7. The molecule has 2 saturated heterocycles. The van der Waals surface area contributed by atoms with Gasteiger partial charge in [0.05, 0.1) is 5.69 Å². The Kier molecular flexibility index (Phi) is 6.97. The lowest BCUT2D eigenvalue weighted by molar-refractivity contribution is -0.136. The van der Waals surface area contributed by atoms with Crippen LogP contribution in [0, 0.1) is 0 Å². The van der Waals surface area contributed by atoms with E-state index < -0.39 is 0 Å². The number of likely N-dealkylation sites (tertiary alicyclic amines) is 2. The monoisotopic (exact) mass is 430 g/mol. The number of hydrogen-bond acceptors (Lipinski definition) is 6. The number of piperidine rings is 2. The number of carbonyl (C=O) groups excluding carboxylic acids is 1. The lowest BCUT2D eigenvalue weighted by atomic mass is 9.92. The number of aromatic amines is 1. The summed E-state index contributed by atoms with van der Waals surface area (Å²) in [5.74, 6) is 1.21.